The van der Waals surface area contributed by atoms with E-state index in [4.69, 9.17) is 5.73 Å². The Morgan fingerprint density at radius 3 is 2.31 bits per heavy atom. The van der Waals surface area contributed by atoms with E-state index in [9.17, 15) is 9.59 Å². The average molecular weight is 351 g/mol. The van der Waals surface area contributed by atoms with Crippen molar-refractivity contribution < 1.29 is 9.59 Å². The van der Waals surface area contributed by atoms with Crippen LogP contribution in [0.5, 0.6) is 0 Å². The molecular weight excluding hydrogens is 326 g/mol. The maximum atomic E-state index is 12.8. The molecule has 0 bridgehead atoms. The maximum absolute atomic E-state index is 12.8. The normalized spacial score (nSPS) is 17.7. The van der Waals surface area contributed by atoms with E-state index in [1.165, 1.54) is 0 Å². The van der Waals surface area contributed by atoms with Gasteiger partial charge in [0, 0.05) is 13.1 Å². The van der Waals surface area contributed by atoms with Gasteiger partial charge in [-0.3, -0.25) is 9.59 Å². The third kappa shape index (κ3) is 4.49. The molecule has 1 fully saturated rings. The molecule has 0 radical (unpaired) electrons. The van der Waals surface area contributed by atoms with E-state index >= 15 is 0 Å². The van der Waals surface area contributed by atoms with E-state index in [2.05, 4.69) is 5.32 Å². The highest BCUT2D eigenvalue weighted by Gasteiger charge is 2.35. The maximum Gasteiger partial charge on any atom is 0.243 e. The van der Waals surface area contributed by atoms with E-state index in [0.29, 0.717) is 25.9 Å². The zero-order valence-electron chi connectivity index (χ0n) is 14.8. The van der Waals surface area contributed by atoms with Crippen LogP contribution in [0.4, 0.5) is 0 Å². The van der Waals surface area contributed by atoms with Crippen molar-refractivity contribution in [1.29, 1.82) is 0 Å². The summed E-state index contributed by atoms with van der Waals surface area (Å²) in [6.07, 6.45) is 1.99. The van der Waals surface area contributed by atoms with E-state index < -0.39 is 12.1 Å². The molecule has 3 N–H and O–H groups in total. The van der Waals surface area contributed by atoms with Gasteiger partial charge < -0.3 is 16.0 Å². The highest BCUT2D eigenvalue weighted by Crippen LogP contribution is 2.19. The van der Waals surface area contributed by atoms with Crippen LogP contribution in [-0.2, 0) is 22.6 Å². The van der Waals surface area contributed by atoms with Crippen LogP contribution in [0.15, 0.2) is 60.7 Å². The van der Waals surface area contributed by atoms with E-state index in [1.54, 1.807) is 4.90 Å². The Balaban J connectivity index is 1.58. The lowest BCUT2D eigenvalue weighted by molar-refractivity contribution is -0.139. The number of carbonyl (C=O) groups excluding carboxylic acids is 2. The van der Waals surface area contributed by atoms with Gasteiger partial charge in [-0.15, -0.1) is 0 Å². The van der Waals surface area contributed by atoms with Gasteiger partial charge in [0.1, 0.15) is 6.04 Å². The fraction of sp³-hybridized carbons (Fsp3) is 0.333. The molecule has 26 heavy (non-hydrogen) atoms. The molecule has 0 aliphatic carbocycles. The quantitative estimate of drug-likeness (QED) is 0.834. The van der Waals surface area contributed by atoms with Gasteiger partial charge in [0.05, 0.1) is 6.04 Å². The largest absolute Gasteiger partial charge is 0.350 e. The van der Waals surface area contributed by atoms with E-state index in [0.717, 1.165) is 17.5 Å². The zero-order chi connectivity index (χ0) is 18.4. The number of hydrogen-bond acceptors (Lipinski definition) is 3. The third-order valence-electron chi connectivity index (χ3n) is 4.76. The zero-order valence-corrected chi connectivity index (χ0v) is 14.8. The summed E-state index contributed by atoms with van der Waals surface area (Å²) < 4.78 is 0. The molecule has 5 heteroatoms. The van der Waals surface area contributed by atoms with Crippen molar-refractivity contribution in [3.63, 3.8) is 0 Å². The first-order chi connectivity index (χ1) is 12.6. The van der Waals surface area contributed by atoms with Crippen LogP contribution in [0.3, 0.4) is 0 Å². The Hall–Kier alpha value is -2.66. The number of benzene rings is 2. The van der Waals surface area contributed by atoms with Crippen molar-refractivity contribution >= 4 is 11.8 Å². The van der Waals surface area contributed by atoms with Crippen LogP contribution < -0.4 is 11.1 Å². The van der Waals surface area contributed by atoms with Gasteiger partial charge in [-0.1, -0.05) is 60.7 Å². The molecule has 5 nitrogen and oxygen atoms in total. The summed E-state index contributed by atoms with van der Waals surface area (Å²) >= 11 is 0. The van der Waals surface area contributed by atoms with Crippen molar-refractivity contribution in [2.45, 2.75) is 37.9 Å². The minimum absolute atomic E-state index is 0.105. The number of carbonyl (C=O) groups is 2. The summed E-state index contributed by atoms with van der Waals surface area (Å²) in [4.78, 5) is 27.0. The average Bonchev–Trinajstić information content (AvgIpc) is 3.17. The SMILES string of the molecule is NC(Cc1ccccc1)C(=O)N1CCC[C@H]1C(=O)NCc1ccccc1. The van der Waals surface area contributed by atoms with Gasteiger partial charge in [0.15, 0.2) is 0 Å². The Morgan fingerprint density at radius 2 is 1.65 bits per heavy atom. The fourth-order valence-corrected chi connectivity index (χ4v) is 3.37. The molecule has 0 spiro atoms. The van der Waals surface area contributed by atoms with Gasteiger partial charge >= 0.3 is 0 Å². The first-order valence-electron chi connectivity index (χ1n) is 9.07. The predicted octanol–water partition coefficient (Wildman–Crippen LogP) is 1.86. The predicted molar refractivity (Wildman–Crippen MR) is 101 cm³/mol. The van der Waals surface area contributed by atoms with Crippen molar-refractivity contribution in [1.82, 2.24) is 10.2 Å². The molecule has 1 aliphatic heterocycles. The van der Waals surface area contributed by atoms with Crippen LogP contribution in [0.25, 0.3) is 0 Å². The minimum Gasteiger partial charge on any atom is -0.350 e. The Kier molecular flexibility index (Phi) is 6.02. The van der Waals surface area contributed by atoms with Crippen molar-refractivity contribution in [2.75, 3.05) is 6.54 Å². The molecule has 2 atom stereocenters. The van der Waals surface area contributed by atoms with Gasteiger partial charge in [0.2, 0.25) is 11.8 Å². The van der Waals surface area contributed by atoms with Crippen LogP contribution in [0, 0.1) is 0 Å². The second kappa shape index (κ2) is 8.63. The Labute approximate surface area is 154 Å². The molecular formula is C21H25N3O2. The number of rotatable bonds is 6. The van der Waals surface area contributed by atoms with E-state index in [1.807, 2.05) is 60.7 Å². The molecule has 1 unspecified atom stereocenters. The Morgan fingerprint density at radius 1 is 1.04 bits per heavy atom. The van der Waals surface area contributed by atoms with Gasteiger partial charge in [0.25, 0.3) is 0 Å². The topological polar surface area (TPSA) is 75.4 Å². The fourth-order valence-electron chi connectivity index (χ4n) is 3.37. The molecule has 3 rings (SSSR count). The standard InChI is InChI=1S/C21H25N3O2/c22-18(14-16-8-3-1-4-9-16)21(26)24-13-7-12-19(24)20(25)23-15-17-10-5-2-6-11-17/h1-6,8-11,18-19H,7,12-15,22H2,(H,23,25)/t18?,19-/m0/s1. The molecule has 1 heterocycles. The van der Waals surface area contributed by atoms with Crippen molar-refractivity contribution in [3.8, 4) is 0 Å². The molecule has 136 valence electrons. The second-order valence-corrected chi connectivity index (χ2v) is 6.69. The Bertz CT molecular complexity index is 733. The number of nitrogens with zero attached hydrogens (tertiary/aromatic N) is 1. The molecule has 2 aromatic rings. The molecule has 1 aliphatic rings. The number of nitrogens with two attached hydrogens (primary N) is 1. The molecule has 2 aromatic carbocycles. The lowest BCUT2D eigenvalue weighted by Gasteiger charge is -2.26. The van der Waals surface area contributed by atoms with E-state index in [-0.39, 0.29) is 11.8 Å². The van der Waals surface area contributed by atoms with Crippen molar-refractivity contribution in [3.05, 3.63) is 71.8 Å². The highest BCUT2D eigenvalue weighted by molar-refractivity contribution is 5.90. The first kappa shape index (κ1) is 18.1. The number of likely N-dealkylation sites (tertiary alicyclic amines) is 1. The van der Waals surface area contributed by atoms with Crippen molar-refractivity contribution in [2.24, 2.45) is 5.73 Å². The highest BCUT2D eigenvalue weighted by atomic mass is 16.2. The smallest absolute Gasteiger partial charge is 0.243 e. The lowest BCUT2D eigenvalue weighted by Crippen LogP contribution is -2.51. The molecule has 0 aromatic heterocycles. The third-order valence-corrected chi connectivity index (χ3v) is 4.76. The van der Waals surface area contributed by atoms with Crippen LogP contribution >= 0.6 is 0 Å². The minimum atomic E-state index is -0.625. The first-order valence-corrected chi connectivity index (χ1v) is 9.07. The lowest BCUT2D eigenvalue weighted by atomic mass is 10.1. The summed E-state index contributed by atoms with van der Waals surface area (Å²) in [5.74, 6) is -0.252. The summed E-state index contributed by atoms with van der Waals surface area (Å²) in [5.41, 5.74) is 8.20. The number of nitrogens with one attached hydrogen (secondary N) is 1. The summed E-state index contributed by atoms with van der Waals surface area (Å²) in [6.45, 7) is 1.05. The second-order valence-electron chi connectivity index (χ2n) is 6.69. The van der Waals surface area contributed by atoms with Crippen LogP contribution in [0.1, 0.15) is 24.0 Å². The molecule has 1 saturated heterocycles. The summed E-state index contributed by atoms with van der Waals surface area (Å²) in [7, 11) is 0. The summed E-state index contributed by atoms with van der Waals surface area (Å²) in [6, 6.07) is 18.4. The number of amides is 2. The number of hydrogen-bond donors (Lipinski definition) is 2. The monoisotopic (exact) mass is 351 g/mol. The van der Waals surface area contributed by atoms with Crippen LogP contribution in [-0.4, -0.2) is 35.3 Å². The van der Waals surface area contributed by atoms with Gasteiger partial charge in [-0.2, -0.15) is 0 Å². The summed E-state index contributed by atoms with van der Waals surface area (Å²) in [5, 5.41) is 2.94. The molecule has 0 saturated carbocycles. The molecule has 2 amide bonds. The van der Waals surface area contributed by atoms with Gasteiger partial charge in [-0.05, 0) is 30.4 Å². The van der Waals surface area contributed by atoms with Crippen LogP contribution in [0.2, 0.25) is 0 Å². The van der Waals surface area contributed by atoms with Gasteiger partial charge in [-0.25, -0.2) is 0 Å².